The van der Waals surface area contributed by atoms with Gasteiger partial charge < -0.3 is 5.73 Å². The molecule has 0 amide bonds. The van der Waals surface area contributed by atoms with Crippen molar-refractivity contribution in [2.24, 2.45) is 0 Å². The Balaban J connectivity index is 2.24. The Morgan fingerprint density at radius 3 is 2.25 bits per heavy atom. The summed E-state index contributed by atoms with van der Waals surface area (Å²) in [5.41, 5.74) is 11.8. The molecule has 16 heavy (non-hydrogen) atoms. The summed E-state index contributed by atoms with van der Waals surface area (Å²) in [6, 6.07) is 8.03. The Morgan fingerprint density at radius 1 is 1.06 bits per heavy atom. The second-order valence-corrected chi connectivity index (χ2v) is 4.34. The maximum atomic E-state index is 5.67. The number of hydrogen-bond donors (Lipinski definition) is 1. The molecular weight excluding hydrogens is 194 g/mol. The molecule has 0 aromatic heterocycles. The Morgan fingerprint density at radius 2 is 1.75 bits per heavy atom. The zero-order valence-electron chi connectivity index (χ0n) is 9.83. The van der Waals surface area contributed by atoms with Gasteiger partial charge in [0, 0.05) is 5.69 Å². The highest BCUT2D eigenvalue weighted by Gasteiger charge is 2.04. The second-order valence-electron chi connectivity index (χ2n) is 4.34. The van der Waals surface area contributed by atoms with Gasteiger partial charge in [-0.1, -0.05) is 35.9 Å². The predicted molar refractivity (Wildman–Crippen MR) is 71.0 cm³/mol. The van der Waals surface area contributed by atoms with E-state index in [1.807, 2.05) is 12.1 Å². The smallest absolute Gasteiger partial charge is 0.0314 e. The Bertz CT molecular complexity index is 469. The van der Waals surface area contributed by atoms with E-state index in [0.717, 1.165) is 12.1 Å². The van der Waals surface area contributed by atoms with Gasteiger partial charge in [-0.25, -0.2) is 0 Å². The molecule has 0 radical (unpaired) electrons. The molecule has 1 aliphatic rings. The monoisotopic (exact) mass is 211 g/mol. The average Bonchev–Trinajstić information content (AvgIpc) is 2.30. The molecule has 1 aromatic rings. The van der Waals surface area contributed by atoms with Crippen LogP contribution in [0.25, 0.3) is 5.57 Å². The van der Waals surface area contributed by atoms with Gasteiger partial charge in [0.25, 0.3) is 0 Å². The van der Waals surface area contributed by atoms with Gasteiger partial charge in [-0.3, -0.25) is 0 Å². The third-order valence-electron chi connectivity index (χ3n) is 2.89. The summed E-state index contributed by atoms with van der Waals surface area (Å²) >= 11 is 0. The quantitative estimate of drug-likeness (QED) is 0.699. The summed E-state index contributed by atoms with van der Waals surface area (Å²) < 4.78 is 0. The SMILES string of the molecule is CC(C)=C1C=CC(c2ccc(N)cc2)=CC1. The highest BCUT2D eigenvalue weighted by atomic mass is 14.5. The third-order valence-corrected chi connectivity index (χ3v) is 2.89. The lowest BCUT2D eigenvalue weighted by atomic mass is 9.95. The zero-order valence-corrected chi connectivity index (χ0v) is 9.83. The Labute approximate surface area is 97.0 Å². The molecule has 0 aliphatic heterocycles. The van der Waals surface area contributed by atoms with Crippen molar-refractivity contribution in [1.29, 1.82) is 0 Å². The summed E-state index contributed by atoms with van der Waals surface area (Å²) in [5.74, 6) is 0. The van der Waals surface area contributed by atoms with E-state index in [9.17, 15) is 0 Å². The molecule has 1 aliphatic carbocycles. The number of nitrogen functional groups attached to an aromatic ring is 1. The van der Waals surface area contributed by atoms with Crippen LogP contribution in [-0.2, 0) is 0 Å². The molecule has 1 heteroatoms. The summed E-state index contributed by atoms with van der Waals surface area (Å²) in [4.78, 5) is 0. The fourth-order valence-corrected chi connectivity index (χ4v) is 1.81. The molecule has 2 rings (SSSR count). The lowest BCUT2D eigenvalue weighted by Gasteiger charge is -2.11. The minimum atomic E-state index is 0.814. The molecule has 0 spiro atoms. The predicted octanol–water partition coefficient (Wildman–Crippen LogP) is 3.95. The van der Waals surface area contributed by atoms with Crippen LogP contribution < -0.4 is 5.73 Å². The van der Waals surface area contributed by atoms with E-state index in [0.29, 0.717) is 0 Å². The van der Waals surface area contributed by atoms with Gasteiger partial charge in [-0.2, -0.15) is 0 Å². The highest BCUT2D eigenvalue weighted by Crippen LogP contribution is 2.25. The molecule has 1 aromatic carbocycles. The Kier molecular flexibility index (Phi) is 2.95. The van der Waals surface area contributed by atoms with Gasteiger partial charge in [-0.05, 0) is 49.1 Å². The number of rotatable bonds is 1. The van der Waals surface area contributed by atoms with Crippen molar-refractivity contribution < 1.29 is 0 Å². The number of nitrogens with two attached hydrogens (primary N) is 1. The summed E-state index contributed by atoms with van der Waals surface area (Å²) in [5, 5.41) is 0. The first-order valence-corrected chi connectivity index (χ1v) is 5.57. The van der Waals surface area contributed by atoms with Crippen molar-refractivity contribution in [2.45, 2.75) is 20.3 Å². The van der Waals surface area contributed by atoms with Gasteiger partial charge in [0.2, 0.25) is 0 Å². The lowest BCUT2D eigenvalue weighted by Crippen LogP contribution is -1.91. The van der Waals surface area contributed by atoms with E-state index >= 15 is 0 Å². The van der Waals surface area contributed by atoms with Gasteiger partial charge in [0.15, 0.2) is 0 Å². The number of benzene rings is 1. The van der Waals surface area contributed by atoms with Crippen molar-refractivity contribution in [1.82, 2.24) is 0 Å². The maximum Gasteiger partial charge on any atom is 0.0314 e. The van der Waals surface area contributed by atoms with Gasteiger partial charge in [0.1, 0.15) is 0 Å². The lowest BCUT2D eigenvalue weighted by molar-refractivity contribution is 1.18. The first-order valence-electron chi connectivity index (χ1n) is 5.57. The summed E-state index contributed by atoms with van der Waals surface area (Å²) in [6.45, 7) is 4.31. The van der Waals surface area contributed by atoms with Crippen LogP contribution >= 0.6 is 0 Å². The van der Waals surface area contributed by atoms with E-state index in [1.54, 1.807) is 0 Å². The molecule has 0 heterocycles. The van der Waals surface area contributed by atoms with Crippen LogP contribution in [0.2, 0.25) is 0 Å². The van der Waals surface area contributed by atoms with Crippen LogP contribution in [0.4, 0.5) is 5.69 Å². The van der Waals surface area contributed by atoms with Gasteiger partial charge in [-0.15, -0.1) is 0 Å². The van der Waals surface area contributed by atoms with Crippen molar-refractivity contribution in [3.05, 3.63) is 59.2 Å². The van der Waals surface area contributed by atoms with E-state index in [-0.39, 0.29) is 0 Å². The molecule has 0 saturated heterocycles. The summed E-state index contributed by atoms with van der Waals surface area (Å²) in [7, 11) is 0. The summed E-state index contributed by atoms with van der Waals surface area (Å²) in [6.07, 6.45) is 7.69. The van der Waals surface area contributed by atoms with E-state index in [1.165, 1.54) is 22.3 Å². The molecule has 0 atom stereocenters. The van der Waals surface area contributed by atoms with Gasteiger partial charge in [0.05, 0.1) is 0 Å². The second kappa shape index (κ2) is 4.40. The first kappa shape index (κ1) is 10.7. The molecule has 0 fully saturated rings. The normalized spacial score (nSPS) is 14.9. The van der Waals surface area contributed by atoms with Crippen molar-refractivity contribution >= 4 is 11.3 Å². The number of anilines is 1. The van der Waals surface area contributed by atoms with Gasteiger partial charge >= 0.3 is 0 Å². The zero-order chi connectivity index (χ0) is 11.5. The third kappa shape index (κ3) is 2.25. The van der Waals surface area contributed by atoms with Crippen molar-refractivity contribution in [2.75, 3.05) is 5.73 Å². The first-order chi connectivity index (χ1) is 7.66. The van der Waals surface area contributed by atoms with Crippen LogP contribution in [-0.4, -0.2) is 0 Å². The van der Waals surface area contributed by atoms with Crippen LogP contribution in [0.1, 0.15) is 25.8 Å². The average molecular weight is 211 g/mol. The van der Waals surface area contributed by atoms with E-state index < -0.39 is 0 Å². The van der Waals surface area contributed by atoms with E-state index in [2.05, 4.69) is 44.2 Å². The minimum absolute atomic E-state index is 0.814. The fraction of sp³-hybridized carbons (Fsp3) is 0.200. The highest BCUT2D eigenvalue weighted by molar-refractivity contribution is 5.77. The molecular formula is C15H17N. The van der Waals surface area contributed by atoms with Crippen LogP contribution in [0, 0.1) is 0 Å². The maximum absolute atomic E-state index is 5.67. The topological polar surface area (TPSA) is 26.0 Å². The molecule has 0 unspecified atom stereocenters. The molecule has 2 N–H and O–H groups in total. The standard InChI is InChI=1S/C15H17N/c1-11(2)12-3-5-13(6-4-12)14-7-9-15(16)10-8-14/h3,5-10H,4,16H2,1-2H3. The number of hydrogen-bond acceptors (Lipinski definition) is 1. The fourth-order valence-electron chi connectivity index (χ4n) is 1.81. The van der Waals surface area contributed by atoms with Crippen molar-refractivity contribution in [3.8, 4) is 0 Å². The van der Waals surface area contributed by atoms with Crippen LogP contribution in [0.3, 0.4) is 0 Å². The molecule has 82 valence electrons. The molecule has 0 bridgehead atoms. The van der Waals surface area contributed by atoms with Crippen LogP contribution in [0.5, 0.6) is 0 Å². The van der Waals surface area contributed by atoms with Crippen molar-refractivity contribution in [3.63, 3.8) is 0 Å². The largest absolute Gasteiger partial charge is 0.399 e. The van der Waals surface area contributed by atoms with E-state index in [4.69, 9.17) is 5.73 Å². The Hall–Kier alpha value is -1.76. The minimum Gasteiger partial charge on any atom is -0.399 e. The number of allylic oxidation sites excluding steroid dienone is 6. The van der Waals surface area contributed by atoms with Crippen LogP contribution in [0.15, 0.2) is 53.6 Å². The molecule has 1 nitrogen and oxygen atoms in total. The molecule has 0 saturated carbocycles.